The van der Waals surface area contributed by atoms with Crippen LogP contribution in [0.15, 0.2) is 36.7 Å². The average Bonchev–Trinajstić information content (AvgIpc) is 3.26. The van der Waals surface area contributed by atoms with Crippen molar-refractivity contribution >= 4 is 38.3 Å². The van der Waals surface area contributed by atoms with Gasteiger partial charge in [-0.25, -0.2) is 15.0 Å². The van der Waals surface area contributed by atoms with Crippen molar-refractivity contribution in [3.63, 3.8) is 0 Å². The van der Waals surface area contributed by atoms with Crippen LogP contribution in [-0.4, -0.2) is 50.6 Å². The number of ether oxygens (including phenoxy) is 1. The largest absolute Gasteiger partial charge is 0.378 e. The minimum Gasteiger partial charge on any atom is -0.378 e. The number of hydrogen-bond acceptors (Lipinski definition) is 8. The van der Waals surface area contributed by atoms with Crippen LogP contribution in [0.1, 0.15) is 0 Å². The van der Waals surface area contributed by atoms with E-state index in [1.54, 1.807) is 12.1 Å². The lowest BCUT2D eigenvalue weighted by molar-refractivity contribution is -0.384. The van der Waals surface area contributed by atoms with Crippen LogP contribution in [0.5, 0.6) is 0 Å². The Labute approximate surface area is 157 Å². The molecule has 4 aromatic rings. The molecule has 4 heterocycles. The maximum absolute atomic E-state index is 10.8. The van der Waals surface area contributed by atoms with Crippen molar-refractivity contribution in [2.75, 3.05) is 31.2 Å². The van der Waals surface area contributed by atoms with Crippen molar-refractivity contribution in [2.24, 2.45) is 0 Å². The number of non-ortho nitro benzene ring substituents is 1. The molecule has 136 valence electrons. The zero-order valence-corrected chi connectivity index (χ0v) is 14.9. The Kier molecular flexibility index (Phi) is 3.73. The van der Waals surface area contributed by atoms with Crippen LogP contribution >= 0.6 is 11.3 Å². The van der Waals surface area contributed by atoms with Crippen molar-refractivity contribution in [1.29, 1.82) is 0 Å². The van der Waals surface area contributed by atoms with Crippen molar-refractivity contribution in [2.45, 2.75) is 0 Å². The van der Waals surface area contributed by atoms with Crippen LogP contribution in [0.4, 0.5) is 11.6 Å². The van der Waals surface area contributed by atoms with Gasteiger partial charge in [-0.2, -0.15) is 0 Å². The molecule has 0 bridgehead atoms. The highest BCUT2D eigenvalue weighted by molar-refractivity contribution is 7.23. The second kappa shape index (κ2) is 6.25. The van der Waals surface area contributed by atoms with Gasteiger partial charge in [0.15, 0.2) is 4.96 Å². The molecule has 0 saturated carbocycles. The first-order valence-corrected chi connectivity index (χ1v) is 9.23. The fourth-order valence-electron chi connectivity index (χ4n) is 3.09. The third-order valence-corrected chi connectivity index (χ3v) is 5.48. The van der Waals surface area contributed by atoms with Gasteiger partial charge in [0.25, 0.3) is 5.69 Å². The zero-order chi connectivity index (χ0) is 18.4. The molecule has 0 N–H and O–H groups in total. The Morgan fingerprint density at radius 1 is 1.15 bits per heavy atom. The molecule has 3 aromatic heterocycles. The number of nitro groups is 1. The van der Waals surface area contributed by atoms with E-state index in [-0.39, 0.29) is 5.69 Å². The SMILES string of the molecule is O=[N+]([O-])c1ccc(-c2cn3c(n2)sc2nc(N4CCOCC4)ncc23)cc1. The maximum Gasteiger partial charge on any atom is 0.269 e. The lowest BCUT2D eigenvalue weighted by Gasteiger charge is -2.26. The van der Waals surface area contributed by atoms with Gasteiger partial charge in [0, 0.05) is 37.0 Å². The lowest BCUT2D eigenvalue weighted by atomic mass is 10.1. The number of thiazole rings is 1. The number of imidazole rings is 1. The first-order valence-electron chi connectivity index (χ1n) is 8.41. The molecule has 0 spiro atoms. The molecule has 9 nitrogen and oxygen atoms in total. The van der Waals surface area contributed by atoms with Crippen LogP contribution in [0.25, 0.3) is 26.6 Å². The van der Waals surface area contributed by atoms with Crippen molar-refractivity contribution < 1.29 is 9.66 Å². The Hall–Kier alpha value is -3.11. The Balaban J connectivity index is 1.51. The molecule has 1 fully saturated rings. The zero-order valence-electron chi connectivity index (χ0n) is 14.1. The second-order valence-corrected chi connectivity index (χ2v) is 7.10. The molecule has 0 radical (unpaired) electrons. The summed E-state index contributed by atoms with van der Waals surface area (Å²) >= 11 is 1.50. The molecule has 0 aliphatic carbocycles. The van der Waals surface area contributed by atoms with E-state index in [1.807, 2.05) is 16.8 Å². The first-order chi connectivity index (χ1) is 13.2. The summed E-state index contributed by atoms with van der Waals surface area (Å²) in [6.07, 6.45) is 3.73. The van der Waals surface area contributed by atoms with Gasteiger partial charge < -0.3 is 9.64 Å². The quantitative estimate of drug-likeness (QED) is 0.397. The van der Waals surface area contributed by atoms with Gasteiger partial charge in [0.2, 0.25) is 5.95 Å². The van der Waals surface area contributed by atoms with Gasteiger partial charge in [-0.1, -0.05) is 11.3 Å². The number of nitro benzene ring substituents is 1. The highest BCUT2D eigenvalue weighted by Gasteiger charge is 2.17. The predicted molar refractivity (Wildman–Crippen MR) is 101 cm³/mol. The number of hydrogen-bond donors (Lipinski definition) is 0. The standard InChI is InChI=1S/C17H14N6O3S/c24-23(25)12-3-1-11(2-4-12)13-10-22-14-9-18-16(21-5-7-26-8-6-21)20-15(14)27-17(22)19-13/h1-4,9-10H,5-8H2. The summed E-state index contributed by atoms with van der Waals surface area (Å²) in [6, 6.07) is 6.39. The highest BCUT2D eigenvalue weighted by Crippen LogP contribution is 2.29. The van der Waals surface area contributed by atoms with Crippen LogP contribution < -0.4 is 4.90 Å². The lowest BCUT2D eigenvalue weighted by Crippen LogP contribution is -2.37. The molecular weight excluding hydrogens is 368 g/mol. The van der Waals surface area contributed by atoms with E-state index in [0.29, 0.717) is 19.2 Å². The summed E-state index contributed by atoms with van der Waals surface area (Å²) in [5.41, 5.74) is 2.55. The summed E-state index contributed by atoms with van der Waals surface area (Å²) < 4.78 is 7.33. The fourth-order valence-corrected chi connectivity index (χ4v) is 4.04. The Morgan fingerprint density at radius 3 is 2.67 bits per heavy atom. The number of anilines is 1. The van der Waals surface area contributed by atoms with Crippen LogP contribution in [0.3, 0.4) is 0 Å². The van der Waals surface area contributed by atoms with E-state index in [2.05, 4.69) is 19.9 Å². The minimum atomic E-state index is -0.410. The molecule has 1 saturated heterocycles. The molecule has 27 heavy (non-hydrogen) atoms. The smallest absolute Gasteiger partial charge is 0.269 e. The molecule has 0 amide bonds. The Bertz CT molecular complexity index is 1150. The molecule has 5 rings (SSSR count). The number of rotatable bonds is 3. The van der Waals surface area contributed by atoms with Crippen LogP contribution in [-0.2, 0) is 4.74 Å². The minimum absolute atomic E-state index is 0.0641. The van der Waals surface area contributed by atoms with E-state index in [9.17, 15) is 10.1 Å². The Morgan fingerprint density at radius 2 is 1.93 bits per heavy atom. The maximum atomic E-state index is 10.8. The molecule has 1 aliphatic rings. The summed E-state index contributed by atoms with van der Waals surface area (Å²) in [7, 11) is 0. The third-order valence-electron chi connectivity index (χ3n) is 4.51. The topological polar surface area (TPSA) is 98.7 Å². The van der Waals surface area contributed by atoms with E-state index < -0.39 is 4.92 Å². The number of aromatic nitrogens is 4. The summed E-state index contributed by atoms with van der Waals surface area (Å²) in [6.45, 7) is 2.96. The van der Waals surface area contributed by atoms with Gasteiger partial charge in [0.1, 0.15) is 10.3 Å². The van der Waals surface area contributed by atoms with Gasteiger partial charge in [-0.05, 0) is 12.1 Å². The number of morpholine rings is 1. The van der Waals surface area contributed by atoms with Crippen molar-refractivity contribution in [3.8, 4) is 11.3 Å². The fraction of sp³-hybridized carbons (Fsp3) is 0.235. The van der Waals surface area contributed by atoms with Crippen LogP contribution in [0, 0.1) is 10.1 Å². The average molecular weight is 382 g/mol. The summed E-state index contributed by atoms with van der Waals surface area (Å²) in [5, 5.41) is 10.8. The predicted octanol–water partition coefficient (Wildman–Crippen LogP) is 2.75. The van der Waals surface area contributed by atoms with Gasteiger partial charge >= 0.3 is 0 Å². The molecule has 1 aromatic carbocycles. The van der Waals surface area contributed by atoms with Crippen molar-refractivity contribution in [3.05, 3.63) is 46.8 Å². The number of fused-ring (bicyclic) bond motifs is 3. The van der Waals surface area contributed by atoms with Crippen molar-refractivity contribution in [1.82, 2.24) is 19.4 Å². The van der Waals surface area contributed by atoms with Gasteiger partial charge in [-0.3, -0.25) is 14.5 Å². The van der Waals surface area contributed by atoms with E-state index in [0.717, 1.165) is 39.7 Å². The van der Waals surface area contributed by atoms with E-state index in [1.165, 1.54) is 23.5 Å². The summed E-state index contributed by atoms with van der Waals surface area (Å²) in [4.78, 5) is 28.0. The van der Waals surface area contributed by atoms with E-state index in [4.69, 9.17) is 4.74 Å². The number of benzene rings is 1. The molecule has 10 heteroatoms. The third kappa shape index (κ3) is 2.78. The van der Waals surface area contributed by atoms with Gasteiger partial charge in [-0.15, -0.1) is 0 Å². The highest BCUT2D eigenvalue weighted by atomic mass is 32.1. The first kappa shape index (κ1) is 16.1. The van der Waals surface area contributed by atoms with Gasteiger partial charge in [0.05, 0.1) is 30.0 Å². The summed E-state index contributed by atoms with van der Waals surface area (Å²) in [5.74, 6) is 0.714. The van der Waals surface area contributed by atoms with Crippen LogP contribution in [0.2, 0.25) is 0 Å². The monoisotopic (exact) mass is 382 g/mol. The molecule has 0 atom stereocenters. The molecular formula is C17H14N6O3S. The molecule has 0 unspecified atom stereocenters. The number of nitrogens with zero attached hydrogens (tertiary/aromatic N) is 6. The second-order valence-electron chi connectivity index (χ2n) is 6.14. The normalized spacial score (nSPS) is 14.9. The molecule has 1 aliphatic heterocycles. The van der Waals surface area contributed by atoms with E-state index >= 15 is 0 Å².